The summed E-state index contributed by atoms with van der Waals surface area (Å²) >= 11 is 1.82. The third-order valence-electron chi connectivity index (χ3n) is 3.43. The van der Waals surface area contributed by atoms with Crippen LogP contribution in [0.3, 0.4) is 0 Å². The minimum Gasteiger partial charge on any atom is -0.356 e. The second kappa shape index (κ2) is 8.35. The second-order valence-corrected chi connectivity index (χ2v) is 6.23. The summed E-state index contributed by atoms with van der Waals surface area (Å²) in [6, 6.07) is 16.2. The number of aliphatic imine (C=N–C) groups is 1. The molecule has 124 valence electrons. The van der Waals surface area contributed by atoms with E-state index >= 15 is 0 Å². The third kappa shape index (κ3) is 4.26. The Bertz CT molecular complexity index is 799. The van der Waals surface area contributed by atoms with Gasteiger partial charge in [-0.25, -0.2) is 0 Å². The molecular formula is C17H20N6S. The lowest BCUT2D eigenvalue weighted by Gasteiger charge is -2.11. The lowest BCUT2D eigenvalue weighted by molar-refractivity contribution is 0.773. The zero-order chi connectivity index (χ0) is 16.6. The SMILES string of the molecule is CN=C(NCCSc1ccccc1)NCc1nnc2ccccn12. The summed E-state index contributed by atoms with van der Waals surface area (Å²) in [5, 5.41) is 14.9. The molecule has 0 fully saturated rings. The van der Waals surface area contributed by atoms with E-state index in [2.05, 4.69) is 50.1 Å². The van der Waals surface area contributed by atoms with Crippen molar-refractivity contribution in [2.24, 2.45) is 4.99 Å². The molecule has 0 bridgehead atoms. The fourth-order valence-corrected chi connectivity index (χ4v) is 3.04. The number of guanidine groups is 1. The third-order valence-corrected chi connectivity index (χ3v) is 4.44. The van der Waals surface area contributed by atoms with E-state index in [9.17, 15) is 0 Å². The molecule has 0 radical (unpaired) electrons. The lowest BCUT2D eigenvalue weighted by atomic mass is 10.4. The fraction of sp³-hybridized carbons (Fsp3) is 0.235. The Morgan fingerprint density at radius 2 is 1.92 bits per heavy atom. The second-order valence-electron chi connectivity index (χ2n) is 5.06. The maximum absolute atomic E-state index is 4.24. The van der Waals surface area contributed by atoms with Crippen molar-refractivity contribution in [3.63, 3.8) is 0 Å². The smallest absolute Gasteiger partial charge is 0.191 e. The van der Waals surface area contributed by atoms with Crippen LogP contribution < -0.4 is 10.6 Å². The highest BCUT2D eigenvalue weighted by Gasteiger charge is 2.05. The summed E-state index contributed by atoms with van der Waals surface area (Å²) in [4.78, 5) is 5.51. The maximum Gasteiger partial charge on any atom is 0.191 e. The molecular weight excluding hydrogens is 320 g/mol. The number of thioether (sulfide) groups is 1. The standard InChI is InChI=1S/C17H20N6S/c1-18-17(19-10-12-24-14-7-3-2-4-8-14)20-13-16-22-21-15-9-5-6-11-23(15)16/h2-9,11H,10,12-13H2,1H3,(H2,18,19,20). The predicted molar refractivity (Wildman–Crippen MR) is 98.4 cm³/mol. The minimum atomic E-state index is 0.566. The average molecular weight is 340 g/mol. The number of hydrogen-bond donors (Lipinski definition) is 2. The number of nitrogens with zero attached hydrogens (tertiary/aromatic N) is 4. The van der Waals surface area contributed by atoms with Gasteiger partial charge in [-0.05, 0) is 24.3 Å². The lowest BCUT2D eigenvalue weighted by Crippen LogP contribution is -2.38. The van der Waals surface area contributed by atoms with Crippen molar-refractivity contribution < 1.29 is 0 Å². The molecule has 0 aliphatic carbocycles. The fourth-order valence-electron chi connectivity index (χ4n) is 2.25. The highest BCUT2D eigenvalue weighted by Crippen LogP contribution is 2.15. The summed E-state index contributed by atoms with van der Waals surface area (Å²) in [6.45, 7) is 1.40. The Morgan fingerprint density at radius 3 is 2.75 bits per heavy atom. The molecule has 0 atom stereocenters. The zero-order valence-electron chi connectivity index (χ0n) is 13.5. The van der Waals surface area contributed by atoms with Crippen molar-refractivity contribution in [1.29, 1.82) is 0 Å². The van der Waals surface area contributed by atoms with Crippen LogP contribution >= 0.6 is 11.8 Å². The van der Waals surface area contributed by atoms with Crippen molar-refractivity contribution in [2.45, 2.75) is 11.4 Å². The molecule has 0 spiro atoms. The van der Waals surface area contributed by atoms with Gasteiger partial charge in [0, 0.05) is 30.4 Å². The van der Waals surface area contributed by atoms with Crippen LogP contribution in [0.15, 0.2) is 64.6 Å². The summed E-state index contributed by atoms with van der Waals surface area (Å²) in [7, 11) is 1.77. The largest absolute Gasteiger partial charge is 0.356 e. The van der Waals surface area contributed by atoms with Crippen molar-refractivity contribution in [2.75, 3.05) is 19.3 Å². The zero-order valence-corrected chi connectivity index (χ0v) is 14.3. The quantitative estimate of drug-likeness (QED) is 0.312. The average Bonchev–Trinajstić information content (AvgIpc) is 3.05. The Balaban J connectivity index is 1.45. The molecule has 2 aromatic heterocycles. The number of pyridine rings is 1. The first-order chi connectivity index (χ1) is 11.9. The molecule has 2 heterocycles. The number of rotatable bonds is 6. The van der Waals surface area contributed by atoms with E-state index in [1.54, 1.807) is 7.05 Å². The maximum atomic E-state index is 4.24. The monoisotopic (exact) mass is 340 g/mol. The Morgan fingerprint density at radius 1 is 1.08 bits per heavy atom. The van der Waals surface area contributed by atoms with E-state index in [1.807, 2.05) is 46.6 Å². The van der Waals surface area contributed by atoms with Crippen LogP contribution in [0.2, 0.25) is 0 Å². The van der Waals surface area contributed by atoms with Crippen LogP contribution in [-0.4, -0.2) is 39.9 Å². The molecule has 3 rings (SSSR count). The van der Waals surface area contributed by atoms with E-state index in [0.717, 1.165) is 29.7 Å². The van der Waals surface area contributed by atoms with E-state index in [4.69, 9.17) is 0 Å². The van der Waals surface area contributed by atoms with Crippen LogP contribution in [0.1, 0.15) is 5.82 Å². The number of hydrogen-bond acceptors (Lipinski definition) is 4. The first-order valence-electron chi connectivity index (χ1n) is 7.78. The van der Waals surface area contributed by atoms with Gasteiger partial charge < -0.3 is 10.6 Å². The van der Waals surface area contributed by atoms with Crippen LogP contribution in [0.25, 0.3) is 5.65 Å². The van der Waals surface area contributed by atoms with Crippen molar-refractivity contribution >= 4 is 23.4 Å². The first kappa shape index (κ1) is 16.3. The van der Waals surface area contributed by atoms with Gasteiger partial charge >= 0.3 is 0 Å². The van der Waals surface area contributed by atoms with Crippen LogP contribution in [-0.2, 0) is 6.54 Å². The predicted octanol–water partition coefficient (Wildman–Crippen LogP) is 2.19. The minimum absolute atomic E-state index is 0.566. The van der Waals surface area contributed by atoms with Gasteiger partial charge in [0.1, 0.15) is 0 Å². The molecule has 2 N–H and O–H groups in total. The first-order valence-corrected chi connectivity index (χ1v) is 8.76. The molecule has 0 saturated heterocycles. The van der Waals surface area contributed by atoms with E-state index < -0.39 is 0 Å². The van der Waals surface area contributed by atoms with Gasteiger partial charge in [0.2, 0.25) is 0 Å². The number of nitrogens with one attached hydrogen (secondary N) is 2. The van der Waals surface area contributed by atoms with Crippen molar-refractivity contribution in [3.05, 3.63) is 60.6 Å². The molecule has 0 saturated carbocycles. The molecule has 1 aromatic carbocycles. The summed E-state index contributed by atoms with van der Waals surface area (Å²) in [5.74, 6) is 2.59. The molecule has 0 unspecified atom stereocenters. The number of aromatic nitrogens is 3. The normalized spacial score (nSPS) is 11.6. The van der Waals surface area contributed by atoms with E-state index in [1.165, 1.54) is 4.90 Å². The molecule has 3 aromatic rings. The molecule has 0 aliphatic rings. The van der Waals surface area contributed by atoms with Crippen LogP contribution in [0.4, 0.5) is 0 Å². The molecule has 24 heavy (non-hydrogen) atoms. The summed E-state index contributed by atoms with van der Waals surface area (Å²) < 4.78 is 1.96. The van der Waals surface area contributed by atoms with Gasteiger partial charge in [0.15, 0.2) is 17.4 Å². The molecule has 0 amide bonds. The van der Waals surface area contributed by atoms with Crippen molar-refractivity contribution in [1.82, 2.24) is 25.2 Å². The number of fused-ring (bicyclic) bond motifs is 1. The van der Waals surface area contributed by atoms with Gasteiger partial charge in [0.05, 0.1) is 6.54 Å². The number of benzene rings is 1. The Kier molecular flexibility index (Phi) is 5.68. The Hall–Kier alpha value is -2.54. The van der Waals surface area contributed by atoms with Gasteiger partial charge in [0.25, 0.3) is 0 Å². The molecule has 7 heteroatoms. The van der Waals surface area contributed by atoms with Gasteiger partial charge in [-0.15, -0.1) is 22.0 Å². The highest BCUT2D eigenvalue weighted by molar-refractivity contribution is 7.99. The molecule has 0 aliphatic heterocycles. The van der Waals surface area contributed by atoms with Crippen LogP contribution in [0, 0.1) is 0 Å². The van der Waals surface area contributed by atoms with E-state index in [-0.39, 0.29) is 0 Å². The molecule has 6 nitrogen and oxygen atoms in total. The van der Waals surface area contributed by atoms with Gasteiger partial charge in [-0.3, -0.25) is 9.39 Å². The summed E-state index contributed by atoms with van der Waals surface area (Å²) in [6.07, 6.45) is 1.96. The highest BCUT2D eigenvalue weighted by atomic mass is 32.2. The summed E-state index contributed by atoms with van der Waals surface area (Å²) in [5.41, 5.74) is 0.844. The Labute approximate surface area is 145 Å². The van der Waals surface area contributed by atoms with Gasteiger partial charge in [-0.2, -0.15) is 0 Å². The topological polar surface area (TPSA) is 66.6 Å². The van der Waals surface area contributed by atoms with Crippen molar-refractivity contribution in [3.8, 4) is 0 Å². The van der Waals surface area contributed by atoms with Gasteiger partial charge in [-0.1, -0.05) is 24.3 Å². The van der Waals surface area contributed by atoms with Crippen LogP contribution in [0.5, 0.6) is 0 Å². The van der Waals surface area contributed by atoms with E-state index in [0.29, 0.717) is 6.54 Å².